The smallest absolute Gasteiger partial charge is 0.0379 e. The summed E-state index contributed by atoms with van der Waals surface area (Å²) in [6.07, 6.45) is 3.35. The fraction of sp³-hybridized carbons (Fsp3) is 0.400. The Morgan fingerprint density at radius 2 is 1.91 bits per heavy atom. The highest BCUT2D eigenvalue weighted by Crippen LogP contribution is 2.23. The molecule has 0 nitrogen and oxygen atoms in total. The summed E-state index contributed by atoms with van der Waals surface area (Å²) in [5.41, 5.74) is 2.93. The molecule has 1 aromatic carbocycles. The largest absolute Gasteiger partial charge is 0.123 e. The fourth-order valence-electron chi connectivity index (χ4n) is 1.65. The van der Waals surface area contributed by atoms with Gasteiger partial charge in [-0.05, 0) is 30.4 Å². The van der Waals surface area contributed by atoms with Crippen LogP contribution in [0.15, 0.2) is 24.3 Å². The lowest BCUT2D eigenvalue weighted by Crippen LogP contribution is -2.13. The van der Waals surface area contributed by atoms with Crippen molar-refractivity contribution in [2.24, 2.45) is 0 Å². The molecule has 0 radical (unpaired) electrons. The van der Waals surface area contributed by atoms with E-state index in [2.05, 4.69) is 24.3 Å². The van der Waals surface area contributed by atoms with Gasteiger partial charge in [-0.25, -0.2) is 0 Å². The Labute approximate surface area is 72.2 Å². The predicted molar refractivity (Wildman–Crippen MR) is 48.1 cm³/mol. The van der Waals surface area contributed by atoms with E-state index >= 15 is 0 Å². The first-order chi connectivity index (χ1) is 5.36. The molecule has 0 amide bonds. The number of hydrogen-bond donors (Lipinski definition) is 0. The van der Waals surface area contributed by atoms with Crippen LogP contribution in [0.25, 0.3) is 0 Å². The van der Waals surface area contributed by atoms with Gasteiger partial charge in [0.05, 0.1) is 0 Å². The van der Waals surface area contributed by atoms with E-state index in [-0.39, 0.29) is 0 Å². The van der Waals surface area contributed by atoms with E-state index in [1.54, 1.807) is 0 Å². The maximum absolute atomic E-state index is 6.04. The summed E-state index contributed by atoms with van der Waals surface area (Å²) in [6.45, 7) is 0. The van der Waals surface area contributed by atoms with E-state index in [1.165, 1.54) is 11.1 Å². The Hall–Kier alpha value is -0.490. The summed E-state index contributed by atoms with van der Waals surface area (Å²) in [4.78, 5) is 0. The van der Waals surface area contributed by atoms with Crippen LogP contribution in [0.5, 0.6) is 0 Å². The molecular formula is C10H11Cl. The lowest BCUT2D eigenvalue weighted by Gasteiger charge is -2.19. The molecule has 0 fully saturated rings. The zero-order valence-electron chi connectivity index (χ0n) is 6.39. The highest BCUT2D eigenvalue weighted by atomic mass is 35.5. The van der Waals surface area contributed by atoms with Crippen LogP contribution < -0.4 is 0 Å². The predicted octanol–water partition coefficient (Wildman–Crippen LogP) is 2.78. The van der Waals surface area contributed by atoms with E-state index in [1.807, 2.05) is 0 Å². The molecule has 0 bridgehead atoms. The number of alkyl halides is 1. The van der Waals surface area contributed by atoms with Gasteiger partial charge in [-0.2, -0.15) is 0 Å². The minimum absolute atomic E-state index is 0.366. The van der Waals surface area contributed by atoms with Crippen molar-refractivity contribution in [2.75, 3.05) is 0 Å². The van der Waals surface area contributed by atoms with E-state index < -0.39 is 0 Å². The average Bonchev–Trinajstić information content (AvgIpc) is 2.04. The van der Waals surface area contributed by atoms with Crippen LogP contribution >= 0.6 is 11.6 Å². The Balaban J connectivity index is 2.34. The van der Waals surface area contributed by atoms with Gasteiger partial charge in [0.1, 0.15) is 0 Å². The maximum atomic E-state index is 6.04. The fourth-order valence-corrected chi connectivity index (χ4v) is 1.93. The molecule has 1 aromatic rings. The Morgan fingerprint density at radius 3 is 2.73 bits per heavy atom. The second-order valence-corrected chi connectivity index (χ2v) is 3.73. The number of halogens is 1. The topological polar surface area (TPSA) is 0 Å². The number of hydrogen-bond acceptors (Lipinski definition) is 0. The molecule has 0 aromatic heterocycles. The zero-order chi connectivity index (χ0) is 7.68. The highest BCUT2D eigenvalue weighted by Gasteiger charge is 2.14. The van der Waals surface area contributed by atoms with Crippen molar-refractivity contribution in [3.8, 4) is 0 Å². The van der Waals surface area contributed by atoms with E-state index in [4.69, 9.17) is 11.6 Å². The average molecular weight is 167 g/mol. The van der Waals surface area contributed by atoms with Crippen LogP contribution in [0.4, 0.5) is 0 Å². The first-order valence-corrected chi connectivity index (χ1v) is 4.51. The molecule has 2 rings (SSSR count). The first-order valence-electron chi connectivity index (χ1n) is 4.07. The summed E-state index contributed by atoms with van der Waals surface area (Å²) in [7, 11) is 0. The summed E-state index contributed by atoms with van der Waals surface area (Å²) in [5.74, 6) is 0. The van der Waals surface area contributed by atoms with E-state index in [0.29, 0.717) is 5.38 Å². The van der Waals surface area contributed by atoms with Gasteiger partial charge < -0.3 is 0 Å². The number of fused-ring (bicyclic) bond motifs is 1. The SMILES string of the molecule is Cl[C@@H]1CCc2ccccc2C1. The molecule has 0 unspecified atom stereocenters. The van der Waals surface area contributed by atoms with Gasteiger partial charge in [-0.3, -0.25) is 0 Å². The third-order valence-corrected chi connectivity index (χ3v) is 2.66. The van der Waals surface area contributed by atoms with Crippen molar-refractivity contribution in [3.05, 3.63) is 35.4 Å². The van der Waals surface area contributed by atoms with Gasteiger partial charge in [-0.15, -0.1) is 11.6 Å². The van der Waals surface area contributed by atoms with Gasteiger partial charge in [0.25, 0.3) is 0 Å². The van der Waals surface area contributed by atoms with Crippen molar-refractivity contribution >= 4 is 11.6 Å². The van der Waals surface area contributed by atoms with Crippen LogP contribution in [0.3, 0.4) is 0 Å². The molecule has 1 aliphatic rings. The Morgan fingerprint density at radius 1 is 1.18 bits per heavy atom. The molecular weight excluding hydrogens is 156 g/mol. The minimum Gasteiger partial charge on any atom is -0.123 e. The minimum atomic E-state index is 0.366. The van der Waals surface area contributed by atoms with Crippen molar-refractivity contribution in [3.63, 3.8) is 0 Å². The Kier molecular flexibility index (Phi) is 1.87. The summed E-state index contributed by atoms with van der Waals surface area (Å²) < 4.78 is 0. The molecule has 0 saturated heterocycles. The second kappa shape index (κ2) is 2.86. The van der Waals surface area contributed by atoms with Crippen molar-refractivity contribution in [1.82, 2.24) is 0 Å². The molecule has 0 N–H and O–H groups in total. The van der Waals surface area contributed by atoms with Crippen LogP contribution in [-0.4, -0.2) is 5.38 Å². The van der Waals surface area contributed by atoms with Crippen LogP contribution in [0, 0.1) is 0 Å². The third-order valence-electron chi connectivity index (χ3n) is 2.29. The lowest BCUT2D eigenvalue weighted by molar-refractivity contribution is 0.694. The van der Waals surface area contributed by atoms with Crippen LogP contribution in [-0.2, 0) is 12.8 Å². The van der Waals surface area contributed by atoms with Gasteiger partial charge in [-0.1, -0.05) is 24.3 Å². The number of benzene rings is 1. The van der Waals surface area contributed by atoms with Gasteiger partial charge in [0, 0.05) is 5.38 Å². The molecule has 11 heavy (non-hydrogen) atoms. The second-order valence-electron chi connectivity index (χ2n) is 3.11. The molecule has 58 valence electrons. The molecule has 0 heterocycles. The molecule has 0 saturated carbocycles. The number of rotatable bonds is 0. The molecule has 0 spiro atoms. The van der Waals surface area contributed by atoms with Gasteiger partial charge in [0.2, 0.25) is 0 Å². The van der Waals surface area contributed by atoms with E-state index in [0.717, 1.165) is 19.3 Å². The van der Waals surface area contributed by atoms with E-state index in [9.17, 15) is 0 Å². The van der Waals surface area contributed by atoms with Crippen molar-refractivity contribution < 1.29 is 0 Å². The van der Waals surface area contributed by atoms with Gasteiger partial charge in [0.15, 0.2) is 0 Å². The zero-order valence-corrected chi connectivity index (χ0v) is 7.14. The van der Waals surface area contributed by atoms with Crippen LogP contribution in [0.2, 0.25) is 0 Å². The summed E-state index contributed by atoms with van der Waals surface area (Å²) >= 11 is 6.04. The van der Waals surface area contributed by atoms with Gasteiger partial charge >= 0.3 is 0 Å². The number of aryl methyl sites for hydroxylation is 1. The normalized spacial score (nSPS) is 22.8. The first kappa shape index (κ1) is 7.17. The van der Waals surface area contributed by atoms with Crippen molar-refractivity contribution in [1.29, 1.82) is 0 Å². The third kappa shape index (κ3) is 1.41. The van der Waals surface area contributed by atoms with Crippen LogP contribution in [0.1, 0.15) is 17.5 Å². The molecule has 1 heteroatoms. The van der Waals surface area contributed by atoms with Crippen molar-refractivity contribution in [2.45, 2.75) is 24.6 Å². The maximum Gasteiger partial charge on any atom is 0.0379 e. The summed E-state index contributed by atoms with van der Waals surface area (Å²) in [5, 5.41) is 0.366. The molecule has 1 aliphatic carbocycles. The quantitative estimate of drug-likeness (QED) is 0.520. The lowest BCUT2D eigenvalue weighted by atomic mass is 9.92. The summed E-state index contributed by atoms with van der Waals surface area (Å²) in [6, 6.07) is 8.59. The highest BCUT2D eigenvalue weighted by molar-refractivity contribution is 6.20. The molecule has 1 atom stereocenters. The Bertz CT molecular complexity index is 255. The standard InChI is InChI=1S/C10H11Cl/c11-10-6-5-8-3-1-2-4-9(8)7-10/h1-4,10H,5-7H2/t10-/m1/s1. The monoisotopic (exact) mass is 166 g/mol. The molecule has 0 aliphatic heterocycles.